The van der Waals surface area contributed by atoms with Crippen LogP contribution in [0.3, 0.4) is 0 Å². The Morgan fingerprint density at radius 3 is 2.22 bits per heavy atom. The maximum absolute atomic E-state index is 11.2. The standard InChI is InChI=1S/C13H15NO4/c1-9(10-3-5-11(17-2)6-4-10)14-7-12(15)18-13(16)8-14/h3-6,9H,7-8H2,1-2H3. The molecule has 0 amide bonds. The second-order valence-corrected chi connectivity index (χ2v) is 4.20. The Kier molecular flexibility index (Phi) is 3.62. The Hall–Kier alpha value is -1.88. The van der Waals surface area contributed by atoms with Crippen LogP contribution in [0, 0.1) is 0 Å². The van der Waals surface area contributed by atoms with Crippen LogP contribution in [0.15, 0.2) is 24.3 Å². The Balaban J connectivity index is 2.11. The molecule has 0 bridgehead atoms. The van der Waals surface area contributed by atoms with Crippen LogP contribution in [0.25, 0.3) is 0 Å². The second-order valence-electron chi connectivity index (χ2n) is 4.20. The van der Waals surface area contributed by atoms with Gasteiger partial charge in [-0.3, -0.25) is 14.5 Å². The summed E-state index contributed by atoms with van der Waals surface area (Å²) in [6.07, 6.45) is 0. The number of rotatable bonds is 3. The molecular weight excluding hydrogens is 234 g/mol. The quantitative estimate of drug-likeness (QED) is 0.594. The van der Waals surface area contributed by atoms with Gasteiger partial charge in [0.15, 0.2) is 0 Å². The minimum atomic E-state index is -0.494. The highest BCUT2D eigenvalue weighted by Gasteiger charge is 2.28. The van der Waals surface area contributed by atoms with E-state index in [0.717, 1.165) is 11.3 Å². The first kappa shape index (κ1) is 12.6. The molecule has 18 heavy (non-hydrogen) atoms. The van der Waals surface area contributed by atoms with Gasteiger partial charge in [0.2, 0.25) is 0 Å². The molecule has 0 aromatic heterocycles. The Morgan fingerprint density at radius 1 is 1.17 bits per heavy atom. The van der Waals surface area contributed by atoms with E-state index in [4.69, 9.17) is 4.74 Å². The van der Waals surface area contributed by atoms with Crippen molar-refractivity contribution < 1.29 is 19.1 Å². The van der Waals surface area contributed by atoms with Gasteiger partial charge < -0.3 is 9.47 Å². The lowest BCUT2D eigenvalue weighted by atomic mass is 10.1. The normalized spacial score (nSPS) is 18.3. The number of carbonyl (C=O) groups excluding carboxylic acids is 2. The second kappa shape index (κ2) is 5.18. The van der Waals surface area contributed by atoms with E-state index in [-0.39, 0.29) is 19.1 Å². The van der Waals surface area contributed by atoms with Crippen molar-refractivity contribution in [1.29, 1.82) is 0 Å². The molecule has 0 saturated carbocycles. The highest BCUT2D eigenvalue weighted by atomic mass is 16.6. The van der Waals surface area contributed by atoms with Crippen molar-refractivity contribution in [2.75, 3.05) is 20.2 Å². The van der Waals surface area contributed by atoms with Gasteiger partial charge in [-0.25, -0.2) is 0 Å². The molecule has 1 atom stereocenters. The summed E-state index contributed by atoms with van der Waals surface area (Å²) in [4.78, 5) is 24.2. The summed E-state index contributed by atoms with van der Waals surface area (Å²) in [5, 5.41) is 0. The summed E-state index contributed by atoms with van der Waals surface area (Å²) in [6.45, 7) is 2.23. The molecule has 2 rings (SSSR count). The van der Waals surface area contributed by atoms with Gasteiger partial charge in [-0.05, 0) is 24.6 Å². The molecule has 1 saturated heterocycles. The van der Waals surface area contributed by atoms with E-state index in [0.29, 0.717) is 0 Å². The van der Waals surface area contributed by atoms with E-state index in [9.17, 15) is 9.59 Å². The Bertz CT molecular complexity index is 439. The van der Waals surface area contributed by atoms with E-state index in [1.54, 1.807) is 12.0 Å². The molecule has 5 heteroatoms. The smallest absolute Gasteiger partial charge is 0.327 e. The third-order valence-corrected chi connectivity index (χ3v) is 3.04. The summed E-state index contributed by atoms with van der Waals surface area (Å²) in [7, 11) is 1.61. The Labute approximate surface area is 105 Å². The first-order valence-electron chi connectivity index (χ1n) is 5.71. The average Bonchev–Trinajstić information content (AvgIpc) is 2.37. The molecule has 5 nitrogen and oxygen atoms in total. The van der Waals surface area contributed by atoms with E-state index in [2.05, 4.69) is 4.74 Å². The number of hydrogen-bond donors (Lipinski definition) is 0. The lowest BCUT2D eigenvalue weighted by molar-refractivity contribution is -0.167. The molecule has 1 aliphatic rings. The molecule has 0 N–H and O–H groups in total. The van der Waals surface area contributed by atoms with Crippen LogP contribution >= 0.6 is 0 Å². The summed E-state index contributed by atoms with van der Waals surface area (Å²) in [5.41, 5.74) is 1.03. The zero-order chi connectivity index (χ0) is 13.1. The first-order valence-corrected chi connectivity index (χ1v) is 5.71. The number of nitrogens with zero attached hydrogens (tertiary/aromatic N) is 1. The molecule has 1 fully saturated rings. The molecule has 0 aliphatic carbocycles. The van der Waals surface area contributed by atoms with Crippen molar-refractivity contribution in [3.8, 4) is 5.75 Å². The average molecular weight is 249 g/mol. The number of morpholine rings is 1. The molecule has 1 aliphatic heterocycles. The summed E-state index contributed by atoms with van der Waals surface area (Å²) >= 11 is 0. The van der Waals surface area contributed by atoms with Crippen LogP contribution in [0.1, 0.15) is 18.5 Å². The number of ether oxygens (including phenoxy) is 2. The van der Waals surface area contributed by atoms with Gasteiger partial charge >= 0.3 is 11.9 Å². The van der Waals surface area contributed by atoms with Crippen molar-refractivity contribution in [3.05, 3.63) is 29.8 Å². The lowest BCUT2D eigenvalue weighted by Gasteiger charge is -2.30. The molecule has 1 aromatic rings. The number of cyclic esters (lactones) is 2. The molecule has 96 valence electrons. The van der Waals surface area contributed by atoms with Gasteiger partial charge in [0.25, 0.3) is 0 Å². The molecule has 0 radical (unpaired) electrons. The molecule has 0 spiro atoms. The summed E-state index contributed by atoms with van der Waals surface area (Å²) in [5.74, 6) is -0.210. The van der Waals surface area contributed by atoms with Crippen molar-refractivity contribution in [3.63, 3.8) is 0 Å². The molecule has 1 heterocycles. The van der Waals surface area contributed by atoms with Crippen LogP contribution in [0.5, 0.6) is 5.75 Å². The minimum absolute atomic E-state index is 0.0206. The number of carbonyl (C=O) groups is 2. The maximum Gasteiger partial charge on any atom is 0.327 e. The van der Waals surface area contributed by atoms with E-state index in [1.807, 2.05) is 31.2 Å². The maximum atomic E-state index is 11.2. The third kappa shape index (κ3) is 2.68. The van der Waals surface area contributed by atoms with Gasteiger partial charge in [0.05, 0.1) is 20.2 Å². The number of hydrogen-bond acceptors (Lipinski definition) is 5. The van der Waals surface area contributed by atoms with Crippen LogP contribution in [-0.4, -0.2) is 37.0 Å². The van der Waals surface area contributed by atoms with E-state index >= 15 is 0 Å². The largest absolute Gasteiger partial charge is 0.497 e. The van der Waals surface area contributed by atoms with Gasteiger partial charge in [0, 0.05) is 6.04 Å². The molecular formula is C13H15NO4. The van der Waals surface area contributed by atoms with Crippen molar-refractivity contribution in [2.45, 2.75) is 13.0 Å². The fraction of sp³-hybridized carbons (Fsp3) is 0.385. The molecule has 1 unspecified atom stereocenters. The Morgan fingerprint density at radius 2 is 1.72 bits per heavy atom. The topological polar surface area (TPSA) is 55.8 Å². The fourth-order valence-electron chi connectivity index (χ4n) is 1.95. The van der Waals surface area contributed by atoms with Crippen molar-refractivity contribution in [1.82, 2.24) is 4.90 Å². The number of benzene rings is 1. The lowest BCUT2D eigenvalue weighted by Crippen LogP contribution is -2.43. The minimum Gasteiger partial charge on any atom is -0.497 e. The zero-order valence-corrected chi connectivity index (χ0v) is 10.4. The van der Waals surface area contributed by atoms with Gasteiger partial charge in [0.1, 0.15) is 5.75 Å². The third-order valence-electron chi connectivity index (χ3n) is 3.04. The predicted octanol–water partition coefficient (Wildman–Crippen LogP) is 1.14. The monoisotopic (exact) mass is 249 g/mol. The van der Waals surface area contributed by atoms with Crippen LogP contribution in [0.2, 0.25) is 0 Å². The highest BCUT2D eigenvalue weighted by molar-refractivity contribution is 5.90. The predicted molar refractivity (Wildman–Crippen MR) is 64.1 cm³/mol. The fourth-order valence-corrected chi connectivity index (χ4v) is 1.95. The van der Waals surface area contributed by atoms with Crippen molar-refractivity contribution >= 4 is 11.9 Å². The van der Waals surface area contributed by atoms with E-state index in [1.165, 1.54) is 0 Å². The summed E-state index contributed by atoms with van der Waals surface area (Å²) in [6, 6.07) is 7.54. The van der Waals surface area contributed by atoms with Crippen molar-refractivity contribution in [2.24, 2.45) is 0 Å². The zero-order valence-electron chi connectivity index (χ0n) is 10.4. The number of methoxy groups -OCH3 is 1. The van der Waals surface area contributed by atoms with Gasteiger partial charge in [-0.15, -0.1) is 0 Å². The van der Waals surface area contributed by atoms with Gasteiger partial charge in [-0.1, -0.05) is 12.1 Å². The SMILES string of the molecule is COc1ccc(C(C)N2CC(=O)OC(=O)C2)cc1. The summed E-state index contributed by atoms with van der Waals surface area (Å²) < 4.78 is 9.59. The first-order chi connectivity index (χ1) is 8.60. The highest BCUT2D eigenvalue weighted by Crippen LogP contribution is 2.23. The van der Waals surface area contributed by atoms with Crippen LogP contribution in [0.4, 0.5) is 0 Å². The van der Waals surface area contributed by atoms with Crippen LogP contribution in [-0.2, 0) is 14.3 Å². The van der Waals surface area contributed by atoms with Gasteiger partial charge in [-0.2, -0.15) is 0 Å². The number of esters is 2. The van der Waals surface area contributed by atoms with E-state index < -0.39 is 11.9 Å². The van der Waals surface area contributed by atoms with Crippen LogP contribution < -0.4 is 4.74 Å². The molecule has 1 aromatic carbocycles.